The molecule has 0 fully saturated rings. The molecular formula is C15H29N3. The summed E-state index contributed by atoms with van der Waals surface area (Å²) >= 11 is 0. The van der Waals surface area contributed by atoms with Crippen molar-refractivity contribution >= 4 is 0 Å². The van der Waals surface area contributed by atoms with Gasteiger partial charge in [0.25, 0.3) is 0 Å². The van der Waals surface area contributed by atoms with E-state index in [0.29, 0.717) is 12.0 Å². The second-order valence-corrected chi connectivity index (χ2v) is 5.91. The van der Waals surface area contributed by atoms with Gasteiger partial charge in [-0.25, -0.2) is 0 Å². The fraction of sp³-hybridized carbons (Fsp3) is 0.800. The number of aromatic nitrogens is 2. The molecule has 1 unspecified atom stereocenters. The Balaban J connectivity index is 2.41. The van der Waals surface area contributed by atoms with E-state index < -0.39 is 0 Å². The maximum Gasteiger partial charge on any atom is 0.0627 e. The molecule has 0 aliphatic rings. The number of nitrogens with zero attached hydrogens (tertiary/aromatic N) is 2. The van der Waals surface area contributed by atoms with Crippen molar-refractivity contribution in [1.29, 1.82) is 0 Å². The summed E-state index contributed by atoms with van der Waals surface area (Å²) in [4.78, 5) is 0. The topological polar surface area (TPSA) is 29.9 Å². The first-order chi connectivity index (χ1) is 8.52. The van der Waals surface area contributed by atoms with Gasteiger partial charge >= 0.3 is 0 Å². The van der Waals surface area contributed by atoms with Crippen molar-refractivity contribution in [3.05, 3.63) is 18.0 Å². The molecule has 1 atom stereocenters. The van der Waals surface area contributed by atoms with Crippen LogP contribution in [-0.4, -0.2) is 22.9 Å². The monoisotopic (exact) mass is 251 g/mol. The highest BCUT2D eigenvalue weighted by atomic mass is 15.3. The Morgan fingerprint density at radius 3 is 2.44 bits per heavy atom. The minimum absolute atomic E-state index is 0.456. The van der Waals surface area contributed by atoms with E-state index >= 15 is 0 Å². The van der Waals surface area contributed by atoms with Crippen LogP contribution in [0.15, 0.2) is 12.3 Å². The third kappa shape index (κ3) is 5.21. The Labute approximate surface area is 112 Å². The molecule has 0 aliphatic heterocycles. The lowest BCUT2D eigenvalue weighted by molar-refractivity contribution is 0.430. The average molecular weight is 251 g/mol. The summed E-state index contributed by atoms with van der Waals surface area (Å²) in [7, 11) is 0. The van der Waals surface area contributed by atoms with Crippen LogP contribution in [0.4, 0.5) is 0 Å². The summed E-state index contributed by atoms with van der Waals surface area (Å²) in [6.45, 7) is 13.3. The van der Waals surface area contributed by atoms with Crippen molar-refractivity contribution in [2.45, 2.75) is 53.5 Å². The fourth-order valence-electron chi connectivity index (χ4n) is 2.01. The van der Waals surface area contributed by atoms with E-state index in [9.17, 15) is 0 Å². The highest BCUT2D eigenvalue weighted by Gasteiger charge is 2.10. The minimum Gasteiger partial charge on any atom is -0.316 e. The molecule has 3 heteroatoms. The van der Waals surface area contributed by atoms with Gasteiger partial charge in [0.05, 0.1) is 5.69 Å². The van der Waals surface area contributed by atoms with Crippen LogP contribution in [0, 0.1) is 11.8 Å². The molecule has 104 valence electrons. The number of hydrogen-bond donors (Lipinski definition) is 1. The van der Waals surface area contributed by atoms with Gasteiger partial charge in [-0.3, -0.25) is 4.68 Å². The van der Waals surface area contributed by atoms with Crippen molar-refractivity contribution in [1.82, 2.24) is 15.1 Å². The van der Waals surface area contributed by atoms with Crippen LogP contribution >= 0.6 is 0 Å². The molecule has 0 radical (unpaired) electrons. The number of hydrogen-bond acceptors (Lipinski definition) is 2. The third-order valence-electron chi connectivity index (χ3n) is 3.25. The van der Waals surface area contributed by atoms with Gasteiger partial charge in [-0.15, -0.1) is 0 Å². The first kappa shape index (κ1) is 15.2. The van der Waals surface area contributed by atoms with Crippen molar-refractivity contribution < 1.29 is 0 Å². The molecule has 1 N–H and O–H groups in total. The molecule has 18 heavy (non-hydrogen) atoms. The quantitative estimate of drug-likeness (QED) is 0.768. The Morgan fingerprint density at radius 1 is 1.22 bits per heavy atom. The third-order valence-corrected chi connectivity index (χ3v) is 3.25. The maximum atomic E-state index is 4.63. The van der Waals surface area contributed by atoms with Crippen LogP contribution in [0.3, 0.4) is 0 Å². The molecular weight excluding hydrogens is 222 g/mol. The van der Waals surface area contributed by atoms with Crippen LogP contribution in [0.1, 0.15) is 52.8 Å². The molecule has 0 saturated carbocycles. The highest BCUT2D eigenvalue weighted by molar-refractivity contribution is 5.01. The van der Waals surface area contributed by atoms with Crippen LogP contribution < -0.4 is 5.32 Å². The first-order valence-corrected chi connectivity index (χ1v) is 7.27. The highest BCUT2D eigenvalue weighted by Crippen LogP contribution is 2.12. The summed E-state index contributed by atoms with van der Waals surface area (Å²) in [6.07, 6.45) is 4.38. The van der Waals surface area contributed by atoms with Crippen molar-refractivity contribution in [2.24, 2.45) is 11.8 Å². The van der Waals surface area contributed by atoms with Gasteiger partial charge in [-0.2, -0.15) is 5.10 Å². The molecule has 0 spiro atoms. The Bertz CT molecular complexity index is 328. The van der Waals surface area contributed by atoms with E-state index in [1.807, 2.05) is 4.68 Å². The van der Waals surface area contributed by atoms with Gasteiger partial charge in [-0.1, -0.05) is 27.2 Å². The minimum atomic E-state index is 0.456. The molecule has 3 nitrogen and oxygen atoms in total. The fourth-order valence-corrected chi connectivity index (χ4v) is 2.01. The van der Waals surface area contributed by atoms with Gasteiger partial charge in [0.2, 0.25) is 0 Å². The SMILES string of the molecule is CCC(CNCC(C)C)Cc1ccn(C(C)C)n1. The van der Waals surface area contributed by atoms with Gasteiger partial charge in [0, 0.05) is 12.2 Å². The van der Waals surface area contributed by atoms with Crippen LogP contribution in [-0.2, 0) is 6.42 Å². The van der Waals surface area contributed by atoms with Crippen LogP contribution in [0.5, 0.6) is 0 Å². The molecule has 1 rings (SSSR count). The summed E-state index contributed by atoms with van der Waals surface area (Å²) < 4.78 is 2.05. The van der Waals surface area contributed by atoms with Crippen molar-refractivity contribution in [3.8, 4) is 0 Å². The lowest BCUT2D eigenvalue weighted by Gasteiger charge is -2.15. The smallest absolute Gasteiger partial charge is 0.0627 e. The molecule has 1 heterocycles. The zero-order valence-electron chi connectivity index (χ0n) is 12.6. The molecule has 0 saturated heterocycles. The summed E-state index contributed by atoms with van der Waals surface area (Å²) in [5.41, 5.74) is 1.22. The largest absolute Gasteiger partial charge is 0.316 e. The van der Waals surface area contributed by atoms with Crippen molar-refractivity contribution in [3.63, 3.8) is 0 Å². The summed E-state index contributed by atoms with van der Waals surface area (Å²) in [5.74, 6) is 1.42. The molecule has 1 aromatic rings. The van der Waals surface area contributed by atoms with E-state index in [0.717, 1.165) is 25.4 Å². The van der Waals surface area contributed by atoms with Gasteiger partial charge in [-0.05, 0) is 51.3 Å². The standard InChI is InChI=1S/C15H29N3/c1-6-14(11-16-10-12(2)3)9-15-7-8-18(17-15)13(4)5/h7-8,12-14,16H,6,9-11H2,1-5H3. The molecule has 0 amide bonds. The lowest BCUT2D eigenvalue weighted by atomic mass is 10.0. The second-order valence-electron chi connectivity index (χ2n) is 5.91. The molecule has 0 bridgehead atoms. The zero-order chi connectivity index (χ0) is 13.5. The van der Waals surface area contributed by atoms with Gasteiger partial charge in [0.15, 0.2) is 0 Å². The summed E-state index contributed by atoms with van der Waals surface area (Å²) in [5, 5.41) is 8.18. The Kier molecular flexibility index (Phi) is 6.41. The maximum absolute atomic E-state index is 4.63. The van der Waals surface area contributed by atoms with E-state index in [4.69, 9.17) is 0 Å². The predicted molar refractivity (Wildman–Crippen MR) is 77.8 cm³/mol. The van der Waals surface area contributed by atoms with Crippen LogP contribution in [0.2, 0.25) is 0 Å². The van der Waals surface area contributed by atoms with E-state index in [-0.39, 0.29) is 0 Å². The van der Waals surface area contributed by atoms with E-state index in [2.05, 4.69) is 57.3 Å². The second kappa shape index (κ2) is 7.57. The zero-order valence-corrected chi connectivity index (χ0v) is 12.6. The first-order valence-electron chi connectivity index (χ1n) is 7.27. The lowest BCUT2D eigenvalue weighted by Crippen LogP contribution is -2.27. The molecule has 0 aliphatic carbocycles. The van der Waals surface area contributed by atoms with Gasteiger partial charge < -0.3 is 5.32 Å². The average Bonchev–Trinajstić information content (AvgIpc) is 2.76. The normalized spacial score (nSPS) is 13.5. The Morgan fingerprint density at radius 2 is 1.94 bits per heavy atom. The molecule has 0 aromatic carbocycles. The van der Waals surface area contributed by atoms with Crippen molar-refractivity contribution in [2.75, 3.05) is 13.1 Å². The van der Waals surface area contributed by atoms with Crippen LogP contribution in [0.25, 0.3) is 0 Å². The van der Waals surface area contributed by atoms with Gasteiger partial charge in [0.1, 0.15) is 0 Å². The van der Waals surface area contributed by atoms with E-state index in [1.54, 1.807) is 0 Å². The molecule has 1 aromatic heterocycles. The Hall–Kier alpha value is -0.830. The van der Waals surface area contributed by atoms with E-state index in [1.165, 1.54) is 12.1 Å². The number of nitrogens with one attached hydrogen (secondary N) is 1. The number of rotatable bonds is 8. The summed E-state index contributed by atoms with van der Waals surface area (Å²) in [6, 6.07) is 2.61. The predicted octanol–water partition coefficient (Wildman–Crippen LogP) is 3.28.